The molecule has 0 radical (unpaired) electrons. The van der Waals surface area contributed by atoms with Crippen molar-refractivity contribution in [1.82, 2.24) is 9.97 Å². The lowest BCUT2D eigenvalue weighted by Gasteiger charge is -2.08. The standard InChI is InChI=1S/C18H18ClN3O2S/c19-13-7-5-12(6-8-13)14-10-25-18-16(14)17(21-11-22-18)20-9-3-1-2-4-15(23)24/h5-8,10-11H,1-4,9H2,(H,23,24)(H,20,21,22). The monoisotopic (exact) mass is 375 g/mol. The average molecular weight is 376 g/mol. The Labute approximate surface area is 154 Å². The maximum absolute atomic E-state index is 10.5. The van der Waals surface area contributed by atoms with Crippen molar-refractivity contribution in [1.29, 1.82) is 0 Å². The summed E-state index contributed by atoms with van der Waals surface area (Å²) in [5, 5.41) is 15.8. The Morgan fingerprint density at radius 1 is 1.16 bits per heavy atom. The van der Waals surface area contributed by atoms with Gasteiger partial charge in [0.1, 0.15) is 17.0 Å². The number of hydrogen-bond acceptors (Lipinski definition) is 5. The van der Waals surface area contributed by atoms with Crippen molar-refractivity contribution in [3.05, 3.63) is 41.0 Å². The molecule has 0 aliphatic carbocycles. The molecular weight excluding hydrogens is 358 g/mol. The van der Waals surface area contributed by atoms with E-state index in [9.17, 15) is 4.79 Å². The number of carbonyl (C=O) groups is 1. The number of carboxylic acids is 1. The van der Waals surface area contributed by atoms with Gasteiger partial charge in [0.2, 0.25) is 0 Å². The largest absolute Gasteiger partial charge is 0.481 e. The average Bonchev–Trinajstić information content (AvgIpc) is 3.03. The molecule has 130 valence electrons. The summed E-state index contributed by atoms with van der Waals surface area (Å²) in [6.45, 7) is 0.752. The molecule has 25 heavy (non-hydrogen) atoms. The van der Waals surface area contributed by atoms with Crippen molar-refractivity contribution in [3.63, 3.8) is 0 Å². The minimum Gasteiger partial charge on any atom is -0.481 e. The van der Waals surface area contributed by atoms with Gasteiger partial charge in [-0.05, 0) is 30.5 Å². The molecule has 2 N–H and O–H groups in total. The second kappa shape index (κ2) is 8.27. The van der Waals surface area contributed by atoms with Crippen LogP contribution in [-0.2, 0) is 4.79 Å². The quantitative estimate of drug-likeness (QED) is 0.537. The number of nitrogens with zero attached hydrogens (tertiary/aromatic N) is 2. The van der Waals surface area contributed by atoms with Gasteiger partial charge >= 0.3 is 5.97 Å². The van der Waals surface area contributed by atoms with Crippen LogP contribution < -0.4 is 5.32 Å². The number of anilines is 1. The number of benzene rings is 1. The Morgan fingerprint density at radius 3 is 2.72 bits per heavy atom. The van der Waals surface area contributed by atoms with Crippen LogP contribution in [0.25, 0.3) is 21.3 Å². The summed E-state index contributed by atoms with van der Waals surface area (Å²) in [7, 11) is 0. The van der Waals surface area contributed by atoms with Crippen LogP contribution in [0.1, 0.15) is 25.7 Å². The van der Waals surface area contributed by atoms with Crippen molar-refractivity contribution in [3.8, 4) is 11.1 Å². The molecule has 5 nitrogen and oxygen atoms in total. The second-order valence-electron chi connectivity index (χ2n) is 5.69. The lowest BCUT2D eigenvalue weighted by atomic mass is 10.1. The predicted octanol–water partition coefficient (Wildman–Crippen LogP) is 5.07. The number of nitrogens with one attached hydrogen (secondary N) is 1. The molecule has 0 unspecified atom stereocenters. The molecule has 2 aromatic heterocycles. The number of thiophene rings is 1. The molecular formula is C18H18ClN3O2S. The van der Waals surface area contributed by atoms with E-state index in [4.69, 9.17) is 16.7 Å². The van der Waals surface area contributed by atoms with Crippen LogP contribution in [0.2, 0.25) is 5.02 Å². The first-order chi connectivity index (χ1) is 12.1. The highest BCUT2D eigenvalue weighted by Gasteiger charge is 2.12. The molecule has 0 saturated heterocycles. The van der Waals surface area contributed by atoms with E-state index in [1.807, 2.05) is 24.3 Å². The number of aliphatic carboxylic acids is 1. The highest BCUT2D eigenvalue weighted by atomic mass is 35.5. The highest BCUT2D eigenvalue weighted by Crippen LogP contribution is 2.36. The summed E-state index contributed by atoms with van der Waals surface area (Å²) in [6, 6.07) is 7.73. The van der Waals surface area contributed by atoms with E-state index >= 15 is 0 Å². The summed E-state index contributed by atoms with van der Waals surface area (Å²) in [5.41, 5.74) is 2.17. The van der Waals surface area contributed by atoms with Gasteiger partial charge < -0.3 is 10.4 Å². The van der Waals surface area contributed by atoms with Crippen molar-refractivity contribution in [2.75, 3.05) is 11.9 Å². The maximum Gasteiger partial charge on any atom is 0.303 e. The van der Waals surface area contributed by atoms with Gasteiger partial charge in [0.05, 0.1) is 5.39 Å². The topological polar surface area (TPSA) is 75.1 Å². The molecule has 1 aromatic carbocycles. The van der Waals surface area contributed by atoms with Gasteiger partial charge in [0.15, 0.2) is 0 Å². The van der Waals surface area contributed by atoms with E-state index in [1.165, 1.54) is 0 Å². The molecule has 0 spiro atoms. The number of hydrogen-bond donors (Lipinski definition) is 2. The normalized spacial score (nSPS) is 10.9. The minimum absolute atomic E-state index is 0.225. The number of unbranched alkanes of at least 4 members (excludes halogenated alkanes) is 2. The molecule has 0 atom stereocenters. The Kier molecular flexibility index (Phi) is 5.83. The van der Waals surface area contributed by atoms with E-state index in [1.54, 1.807) is 17.7 Å². The zero-order valence-electron chi connectivity index (χ0n) is 13.5. The van der Waals surface area contributed by atoms with Crippen molar-refractivity contribution in [2.24, 2.45) is 0 Å². The summed E-state index contributed by atoms with van der Waals surface area (Å²) in [4.78, 5) is 20.2. The molecule has 0 aliphatic rings. The second-order valence-corrected chi connectivity index (χ2v) is 6.98. The zero-order chi connectivity index (χ0) is 17.6. The summed E-state index contributed by atoms with van der Waals surface area (Å²) in [6.07, 6.45) is 4.27. The van der Waals surface area contributed by atoms with Gasteiger partial charge in [0, 0.05) is 28.9 Å². The van der Waals surface area contributed by atoms with Crippen molar-refractivity contribution >= 4 is 44.9 Å². The third kappa shape index (κ3) is 4.46. The minimum atomic E-state index is -0.739. The summed E-state index contributed by atoms with van der Waals surface area (Å²) >= 11 is 7.57. The Bertz CT molecular complexity index is 864. The first-order valence-electron chi connectivity index (χ1n) is 8.09. The zero-order valence-corrected chi connectivity index (χ0v) is 15.1. The van der Waals surface area contributed by atoms with Gasteiger partial charge in [-0.25, -0.2) is 9.97 Å². The fourth-order valence-electron chi connectivity index (χ4n) is 2.64. The predicted molar refractivity (Wildman–Crippen MR) is 102 cm³/mol. The van der Waals surface area contributed by atoms with Crippen LogP contribution >= 0.6 is 22.9 Å². The van der Waals surface area contributed by atoms with Crippen LogP contribution in [0.4, 0.5) is 5.82 Å². The molecule has 2 heterocycles. The summed E-state index contributed by atoms with van der Waals surface area (Å²) in [5.74, 6) is 0.0748. The lowest BCUT2D eigenvalue weighted by Crippen LogP contribution is -2.04. The number of carboxylic acid groups (broad SMARTS) is 1. The number of halogens is 1. The van der Waals surface area contributed by atoms with Gasteiger partial charge in [-0.3, -0.25) is 4.79 Å². The molecule has 3 aromatic rings. The third-order valence-corrected chi connectivity index (χ3v) is 5.02. The van der Waals surface area contributed by atoms with E-state index < -0.39 is 5.97 Å². The van der Waals surface area contributed by atoms with E-state index in [0.717, 1.165) is 46.5 Å². The van der Waals surface area contributed by atoms with Crippen molar-refractivity contribution in [2.45, 2.75) is 25.7 Å². The van der Waals surface area contributed by atoms with Crippen LogP contribution in [0.3, 0.4) is 0 Å². The molecule has 3 rings (SSSR count). The van der Waals surface area contributed by atoms with Crippen LogP contribution in [0.15, 0.2) is 36.0 Å². The number of fused-ring (bicyclic) bond motifs is 1. The smallest absolute Gasteiger partial charge is 0.303 e. The number of aromatic nitrogens is 2. The fourth-order valence-corrected chi connectivity index (χ4v) is 3.68. The van der Waals surface area contributed by atoms with Gasteiger partial charge in [0.25, 0.3) is 0 Å². The van der Waals surface area contributed by atoms with Crippen LogP contribution in [0.5, 0.6) is 0 Å². The molecule has 0 saturated carbocycles. The molecule has 0 bridgehead atoms. The fraction of sp³-hybridized carbons (Fsp3) is 0.278. The highest BCUT2D eigenvalue weighted by molar-refractivity contribution is 7.17. The first kappa shape index (κ1) is 17.6. The van der Waals surface area contributed by atoms with E-state index in [-0.39, 0.29) is 6.42 Å². The van der Waals surface area contributed by atoms with E-state index in [0.29, 0.717) is 11.4 Å². The lowest BCUT2D eigenvalue weighted by molar-refractivity contribution is -0.137. The molecule has 0 aliphatic heterocycles. The summed E-state index contributed by atoms with van der Waals surface area (Å²) < 4.78 is 0. The molecule has 0 amide bonds. The Hall–Kier alpha value is -2.18. The van der Waals surface area contributed by atoms with Gasteiger partial charge in [-0.1, -0.05) is 30.2 Å². The van der Waals surface area contributed by atoms with Gasteiger partial charge in [-0.15, -0.1) is 11.3 Å². The SMILES string of the molecule is O=C(O)CCCCCNc1ncnc2scc(-c3ccc(Cl)cc3)c12. The maximum atomic E-state index is 10.5. The Morgan fingerprint density at radius 2 is 1.96 bits per heavy atom. The van der Waals surface area contributed by atoms with E-state index in [2.05, 4.69) is 20.7 Å². The van der Waals surface area contributed by atoms with Crippen LogP contribution in [0, 0.1) is 0 Å². The number of rotatable bonds is 8. The van der Waals surface area contributed by atoms with Crippen LogP contribution in [-0.4, -0.2) is 27.6 Å². The molecule has 7 heteroatoms. The van der Waals surface area contributed by atoms with Crippen molar-refractivity contribution < 1.29 is 9.90 Å². The van der Waals surface area contributed by atoms with Gasteiger partial charge in [-0.2, -0.15) is 0 Å². The Balaban J connectivity index is 1.73. The first-order valence-corrected chi connectivity index (χ1v) is 9.34. The third-order valence-electron chi connectivity index (χ3n) is 3.89. The molecule has 0 fully saturated rings.